The van der Waals surface area contributed by atoms with Gasteiger partial charge in [0.15, 0.2) is 0 Å². The fourth-order valence-electron chi connectivity index (χ4n) is 2.78. The van der Waals surface area contributed by atoms with Gasteiger partial charge in [0.05, 0.1) is 6.42 Å². The highest BCUT2D eigenvalue weighted by atomic mass is 16.4. The van der Waals surface area contributed by atoms with Gasteiger partial charge in [-0.1, -0.05) is 20.8 Å². The molecule has 0 aromatic heterocycles. The van der Waals surface area contributed by atoms with Crippen LogP contribution in [0.4, 0.5) is 0 Å². The highest BCUT2D eigenvalue weighted by Gasteiger charge is 2.28. The molecule has 0 aliphatic carbocycles. The highest BCUT2D eigenvalue weighted by Crippen LogP contribution is 2.17. The van der Waals surface area contributed by atoms with Crippen LogP contribution in [0.25, 0.3) is 0 Å². The molecule has 1 aliphatic rings. The predicted octanol–water partition coefficient (Wildman–Crippen LogP) is 1.76. The van der Waals surface area contributed by atoms with E-state index in [1.807, 2.05) is 0 Å². The van der Waals surface area contributed by atoms with Crippen LogP contribution in [0.5, 0.6) is 0 Å². The molecule has 4 nitrogen and oxygen atoms in total. The molecular formula is C14H28N2O2. The fourth-order valence-corrected chi connectivity index (χ4v) is 2.78. The molecule has 0 bridgehead atoms. The van der Waals surface area contributed by atoms with E-state index in [0.717, 1.165) is 32.6 Å². The summed E-state index contributed by atoms with van der Waals surface area (Å²) in [7, 11) is 2.09. The maximum atomic E-state index is 11.0. The van der Waals surface area contributed by atoms with Gasteiger partial charge >= 0.3 is 5.97 Å². The smallest absolute Gasteiger partial charge is 0.304 e. The summed E-state index contributed by atoms with van der Waals surface area (Å²) in [5, 5.41) is 9.06. The van der Waals surface area contributed by atoms with E-state index in [1.165, 1.54) is 0 Å². The van der Waals surface area contributed by atoms with Crippen molar-refractivity contribution in [3.8, 4) is 0 Å². The minimum Gasteiger partial charge on any atom is -0.481 e. The SMILES string of the molecule is CC(C)CCN1CC(C)CN(C)CC1CC(=O)O. The second-order valence-corrected chi connectivity index (χ2v) is 6.26. The number of rotatable bonds is 5. The van der Waals surface area contributed by atoms with Crippen LogP contribution in [-0.2, 0) is 4.79 Å². The zero-order valence-corrected chi connectivity index (χ0v) is 12.2. The molecule has 1 N–H and O–H groups in total. The number of carboxylic acids is 1. The van der Waals surface area contributed by atoms with Gasteiger partial charge in [-0.3, -0.25) is 9.69 Å². The van der Waals surface area contributed by atoms with Crippen LogP contribution in [-0.4, -0.2) is 60.1 Å². The Bertz CT molecular complexity index is 269. The molecule has 18 heavy (non-hydrogen) atoms. The van der Waals surface area contributed by atoms with E-state index in [0.29, 0.717) is 11.8 Å². The zero-order chi connectivity index (χ0) is 13.7. The van der Waals surface area contributed by atoms with Gasteiger partial charge in [-0.05, 0) is 31.8 Å². The Hall–Kier alpha value is -0.610. The molecule has 4 heteroatoms. The van der Waals surface area contributed by atoms with E-state index in [2.05, 4.69) is 37.6 Å². The van der Waals surface area contributed by atoms with Crippen LogP contribution in [0, 0.1) is 11.8 Å². The Labute approximate surface area is 111 Å². The Balaban J connectivity index is 2.66. The van der Waals surface area contributed by atoms with Gasteiger partial charge < -0.3 is 10.0 Å². The maximum Gasteiger partial charge on any atom is 0.304 e. The van der Waals surface area contributed by atoms with E-state index in [4.69, 9.17) is 5.11 Å². The second kappa shape index (κ2) is 7.10. The predicted molar refractivity (Wildman–Crippen MR) is 73.7 cm³/mol. The number of carbonyl (C=O) groups is 1. The van der Waals surface area contributed by atoms with Gasteiger partial charge in [0.1, 0.15) is 0 Å². The summed E-state index contributed by atoms with van der Waals surface area (Å²) in [6.45, 7) is 10.7. The van der Waals surface area contributed by atoms with Gasteiger partial charge in [-0.15, -0.1) is 0 Å². The summed E-state index contributed by atoms with van der Waals surface area (Å²) in [5.41, 5.74) is 0. The first-order valence-corrected chi connectivity index (χ1v) is 7.02. The Kier molecular flexibility index (Phi) is 6.09. The van der Waals surface area contributed by atoms with Crippen molar-refractivity contribution in [3.05, 3.63) is 0 Å². The van der Waals surface area contributed by atoms with Crippen molar-refractivity contribution >= 4 is 5.97 Å². The lowest BCUT2D eigenvalue weighted by atomic mass is 10.1. The highest BCUT2D eigenvalue weighted by molar-refractivity contribution is 5.67. The number of hydrogen-bond acceptors (Lipinski definition) is 3. The fraction of sp³-hybridized carbons (Fsp3) is 0.929. The number of hydrogen-bond donors (Lipinski definition) is 1. The third-order valence-corrected chi connectivity index (χ3v) is 3.61. The quantitative estimate of drug-likeness (QED) is 0.814. The lowest BCUT2D eigenvalue weighted by molar-refractivity contribution is -0.138. The third-order valence-electron chi connectivity index (χ3n) is 3.61. The molecule has 0 saturated carbocycles. The third kappa shape index (κ3) is 5.36. The monoisotopic (exact) mass is 256 g/mol. The van der Waals surface area contributed by atoms with E-state index >= 15 is 0 Å². The van der Waals surface area contributed by atoms with E-state index in [-0.39, 0.29) is 12.5 Å². The van der Waals surface area contributed by atoms with Crippen LogP contribution in [0.1, 0.15) is 33.6 Å². The lowest BCUT2D eigenvalue weighted by Crippen LogP contribution is -2.42. The Morgan fingerprint density at radius 2 is 2.00 bits per heavy atom. The molecule has 0 spiro atoms. The summed E-state index contributed by atoms with van der Waals surface area (Å²) in [6.07, 6.45) is 1.40. The van der Waals surface area contributed by atoms with Gasteiger partial charge in [0.25, 0.3) is 0 Å². The topological polar surface area (TPSA) is 43.8 Å². The molecule has 106 valence electrons. The molecule has 1 aliphatic heterocycles. The second-order valence-electron chi connectivity index (χ2n) is 6.26. The first kappa shape index (κ1) is 15.4. The molecule has 2 unspecified atom stereocenters. The molecule has 1 rings (SSSR count). The van der Waals surface area contributed by atoms with Crippen molar-refractivity contribution in [3.63, 3.8) is 0 Å². The molecule has 0 amide bonds. The molecule has 1 saturated heterocycles. The van der Waals surface area contributed by atoms with Crippen molar-refractivity contribution in [2.75, 3.05) is 33.2 Å². The lowest BCUT2D eigenvalue weighted by Gasteiger charge is -2.31. The van der Waals surface area contributed by atoms with E-state index in [1.54, 1.807) is 0 Å². The van der Waals surface area contributed by atoms with Crippen LogP contribution in [0.2, 0.25) is 0 Å². The van der Waals surface area contributed by atoms with Crippen molar-refractivity contribution in [1.82, 2.24) is 9.80 Å². The van der Waals surface area contributed by atoms with E-state index < -0.39 is 5.97 Å². The minimum absolute atomic E-state index is 0.163. The average molecular weight is 256 g/mol. The van der Waals surface area contributed by atoms with Gasteiger partial charge in [-0.2, -0.15) is 0 Å². The first-order chi connectivity index (χ1) is 8.38. The van der Waals surface area contributed by atoms with Crippen molar-refractivity contribution in [1.29, 1.82) is 0 Å². The number of likely N-dealkylation sites (N-methyl/N-ethyl adjacent to an activating group) is 1. The normalized spacial score (nSPS) is 27.4. The summed E-state index contributed by atoms with van der Waals surface area (Å²) >= 11 is 0. The van der Waals surface area contributed by atoms with Crippen molar-refractivity contribution < 1.29 is 9.90 Å². The summed E-state index contributed by atoms with van der Waals surface area (Å²) < 4.78 is 0. The summed E-state index contributed by atoms with van der Waals surface area (Å²) in [6, 6.07) is 0.163. The zero-order valence-electron chi connectivity index (χ0n) is 12.2. The number of nitrogens with zero attached hydrogens (tertiary/aromatic N) is 2. The van der Waals surface area contributed by atoms with Gasteiger partial charge in [0.2, 0.25) is 0 Å². The average Bonchev–Trinajstić information content (AvgIpc) is 2.33. The van der Waals surface area contributed by atoms with Crippen LogP contribution in [0.3, 0.4) is 0 Å². The van der Waals surface area contributed by atoms with E-state index in [9.17, 15) is 4.79 Å². The summed E-state index contributed by atoms with van der Waals surface area (Å²) in [4.78, 5) is 15.7. The summed E-state index contributed by atoms with van der Waals surface area (Å²) in [5.74, 6) is 0.602. The van der Waals surface area contributed by atoms with Gasteiger partial charge in [-0.25, -0.2) is 0 Å². The minimum atomic E-state index is -0.683. The number of aliphatic carboxylic acids is 1. The Morgan fingerprint density at radius 1 is 1.33 bits per heavy atom. The largest absolute Gasteiger partial charge is 0.481 e. The molecule has 0 aromatic carbocycles. The number of carboxylic acid groups (broad SMARTS) is 1. The standard InChI is InChI=1S/C14H28N2O2/c1-11(2)5-6-16-9-12(3)8-15(4)10-13(16)7-14(17)18/h11-13H,5-10H2,1-4H3,(H,17,18). The molecular weight excluding hydrogens is 228 g/mol. The van der Waals surface area contributed by atoms with Crippen LogP contribution >= 0.6 is 0 Å². The molecule has 1 heterocycles. The van der Waals surface area contributed by atoms with Crippen molar-refractivity contribution in [2.24, 2.45) is 11.8 Å². The van der Waals surface area contributed by atoms with Crippen molar-refractivity contribution in [2.45, 2.75) is 39.7 Å². The van der Waals surface area contributed by atoms with Crippen LogP contribution < -0.4 is 0 Å². The van der Waals surface area contributed by atoms with Crippen LogP contribution in [0.15, 0.2) is 0 Å². The molecule has 2 atom stereocenters. The molecule has 0 radical (unpaired) electrons. The molecule has 1 fully saturated rings. The van der Waals surface area contributed by atoms with Gasteiger partial charge in [0, 0.05) is 25.7 Å². The Morgan fingerprint density at radius 3 is 2.56 bits per heavy atom. The molecule has 0 aromatic rings. The maximum absolute atomic E-state index is 11.0. The first-order valence-electron chi connectivity index (χ1n) is 7.02.